The van der Waals surface area contributed by atoms with Gasteiger partial charge in [0.2, 0.25) is 0 Å². The van der Waals surface area contributed by atoms with Crippen LogP contribution in [0.4, 0.5) is 0 Å². The number of alkyl halides is 1. The molecule has 0 heterocycles. The molecule has 0 saturated heterocycles. The molecule has 0 amide bonds. The highest BCUT2D eigenvalue weighted by atomic mass is 35.5. The summed E-state index contributed by atoms with van der Waals surface area (Å²) in [4.78, 5) is 0. The van der Waals surface area contributed by atoms with Gasteiger partial charge in [0.05, 0.1) is 21.1 Å². The Labute approximate surface area is 140 Å². The van der Waals surface area contributed by atoms with Crippen LogP contribution in [0.2, 0.25) is 0 Å². The first kappa shape index (κ1) is 21.2. The van der Waals surface area contributed by atoms with Crippen molar-refractivity contribution in [3.05, 3.63) is 0 Å². The Morgan fingerprint density at radius 3 is 1.29 bits per heavy atom. The highest BCUT2D eigenvalue weighted by Gasteiger charge is 2.19. The predicted molar refractivity (Wildman–Crippen MR) is 98.0 cm³/mol. The van der Waals surface area contributed by atoms with E-state index in [9.17, 15) is 0 Å². The van der Waals surface area contributed by atoms with Gasteiger partial charge in [-0.2, -0.15) is 0 Å². The lowest BCUT2D eigenvalue weighted by molar-refractivity contribution is -0.882. The Hall–Kier alpha value is 0.250. The Morgan fingerprint density at radius 2 is 0.952 bits per heavy atom. The lowest BCUT2D eigenvalue weighted by Crippen LogP contribution is -2.41. The van der Waals surface area contributed by atoms with Gasteiger partial charge in [0, 0.05) is 6.42 Å². The minimum Gasteiger partial charge on any atom is -0.316 e. The standard InChI is InChI=1S/C19H41ClN/c1-5-6-7-8-9-10-11-12-13-14-15-16-17-18-19(20)21(2,3)4/h19H,5-18H2,1-4H3/q+1. The molecule has 0 fully saturated rings. The number of unbranched alkanes of at least 4 members (excludes halogenated alkanes) is 12. The van der Waals surface area contributed by atoms with E-state index in [1.807, 2.05) is 0 Å². The van der Waals surface area contributed by atoms with Crippen molar-refractivity contribution < 1.29 is 4.48 Å². The largest absolute Gasteiger partial charge is 0.316 e. The van der Waals surface area contributed by atoms with Gasteiger partial charge in [-0.05, 0) is 6.42 Å². The second-order valence-electron chi connectivity index (χ2n) is 7.58. The molecule has 0 rings (SSSR count). The van der Waals surface area contributed by atoms with Gasteiger partial charge < -0.3 is 4.48 Å². The van der Waals surface area contributed by atoms with Crippen LogP contribution in [0.3, 0.4) is 0 Å². The quantitative estimate of drug-likeness (QED) is 0.136. The number of rotatable bonds is 15. The monoisotopic (exact) mass is 318 g/mol. The van der Waals surface area contributed by atoms with Crippen molar-refractivity contribution in [1.82, 2.24) is 0 Å². The van der Waals surface area contributed by atoms with E-state index in [1.54, 1.807) is 0 Å². The maximum atomic E-state index is 6.37. The van der Waals surface area contributed by atoms with E-state index >= 15 is 0 Å². The van der Waals surface area contributed by atoms with Crippen molar-refractivity contribution in [2.45, 2.75) is 102 Å². The van der Waals surface area contributed by atoms with E-state index in [0.29, 0.717) is 0 Å². The number of hydrogen-bond acceptors (Lipinski definition) is 0. The summed E-state index contributed by atoms with van der Waals surface area (Å²) in [6, 6.07) is 0. The summed E-state index contributed by atoms with van der Waals surface area (Å²) in [7, 11) is 6.54. The van der Waals surface area contributed by atoms with E-state index in [-0.39, 0.29) is 5.50 Å². The molecule has 0 bridgehead atoms. The molecule has 0 N–H and O–H groups in total. The first-order valence-corrected chi connectivity index (χ1v) is 9.87. The maximum absolute atomic E-state index is 6.37. The van der Waals surface area contributed by atoms with Gasteiger partial charge in [0.1, 0.15) is 0 Å². The first-order valence-electron chi connectivity index (χ1n) is 9.43. The van der Waals surface area contributed by atoms with Crippen molar-refractivity contribution in [3.8, 4) is 0 Å². The fourth-order valence-corrected chi connectivity index (χ4v) is 2.87. The molecule has 0 radical (unpaired) electrons. The molecule has 1 atom stereocenters. The number of quaternary nitrogens is 1. The third-order valence-electron chi connectivity index (χ3n) is 4.39. The van der Waals surface area contributed by atoms with Crippen LogP contribution in [0.5, 0.6) is 0 Å². The Kier molecular flexibility index (Phi) is 14.0. The van der Waals surface area contributed by atoms with Crippen LogP contribution in [-0.4, -0.2) is 31.1 Å². The molecule has 0 aliphatic rings. The molecule has 0 aromatic rings. The summed E-state index contributed by atoms with van der Waals surface area (Å²) < 4.78 is 0.875. The summed E-state index contributed by atoms with van der Waals surface area (Å²) >= 11 is 6.37. The lowest BCUT2D eigenvalue weighted by atomic mass is 10.0. The fraction of sp³-hybridized carbons (Fsp3) is 1.00. The van der Waals surface area contributed by atoms with E-state index in [2.05, 4.69) is 28.1 Å². The number of halogens is 1. The SMILES string of the molecule is CCCCCCCCCCCCCCCC(Cl)[N+](C)(C)C. The predicted octanol–water partition coefficient (Wildman–Crippen LogP) is 6.74. The van der Waals surface area contributed by atoms with Gasteiger partial charge in [0.25, 0.3) is 0 Å². The second-order valence-corrected chi connectivity index (χ2v) is 8.09. The molecule has 0 aliphatic carbocycles. The maximum Gasteiger partial charge on any atom is 0.164 e. The van der Waals surface area contributed by atoms with Crippen molar-refractivity contribution in [3.63, 3.8) is 0 Å². The molecule has 0 spiro atoms. The fourth-order valence-electron chi connectivity index (χ4n) is 2.72. The third-order valence-corrected chi connectivity index (χ3v) is 5.19. The summed E-state index contributed by atoms with van der Waals surface area (Å²) in [6.07, 6.45) is 19.6. The van der Waals surface area contributed by atoms with Gasteiger partial charge in [-0.1, -0.05) is 95.6 Å². The zero-order chi connectivity index (χ0) is 16.0. The van der Waals surface area contributed by atoms with Crippen LogP contribution in [0.25, 0.3) is 0 Å². The summed E-state index contributed by atoms with van der Waals surface area (Å²) in [5.41, 5.74) is 0.276. The van der Waals surface area contributed by atoms with Crippen LogP contribution >= 0.6 is 11.6 Å². The molecule has 0 aromatic heterocycles. The van der Waals surface area contributed by atoms with E-state index < -0.39 is 0 Å². The van der Waals surface area contributed by atoms with Crippen LogP contribution < -0.4 is 0 Å². The molecular weight excluding hydrogens is 278 g/mol. The number of hydrogen-bond donors (Lipinski definition) is 0. The zero-order valence-corrected chi connectivity index (χ0v) is 16.1. The average molecular weight is 319 g/mol. The highest BCUT2D eigenvalue weighted by Crippen LogP contribution is 2.17. The minimum atomic E-state index is 0.276. The highest BCUT2D eigenvalue weighted by molar-refractivity contribution is 6.19. The molecule has 128 valence electrons. The zero-order valence-electron chi connectivity index (χ0n) is 15.3. The van der Waals surface area contributed by atoms with Gasteiger partial charge in [0.15, 0.2) is 5.50 Å². The summed E-state index contributed by atoms with van der Waals surface area (Å²) in [5, 5.41) is 0. The summed E-state index contributed by atoms with van der Waals surface area (Å²) in [6.45, 7) is 2.29. The normalized spacial score (nSPS) is 13.6. The number of nitrogens with zero attached hydrogens (tertiary/aromatic N) is 1. The van der Waals surface area contributed by atoms with Gasteiger partial charge in [-0.15, -0.1) is 0 Å². The van der Waals surface area contributed by atoms with Gasteiger partial charge in [-0.25, -0.2) is 0 Å². The van der Waals surface area contributed by atoms with Crippen molar-refractivity contribution in [2.75, 3.05) is 21.1 Å². The van der Waals surface area contributed by atoms with Crippen LogP contribution in [-0.2, 0) is 0 Å². The molecule has 0 aromatic carbocycles. The second kappa shape index (κ2) is 13.9. The molecule has 21 heavy (non-hydrogen) atoms. The molecule has 0 saturated carbocycles. The third kappa shape index (κ3) is 14.9. The molecule has 2 heteroatoms. The van der Waals surface area contributed by atoms with Crippen LogP contribution in [0.15, 0.2) is 0 Å². The smallest absolute Gasteiger partial charge is 0.164 e. The van der Waals surface area contributed by atoms with Crippen molar-refractivity contribution in [2.24, 2.45) is 0 Å². The van der Waals surface area contributed by atoms with Gasteiger partial charge >= 0.3 is 0 Å². The van der Waals surface area contributed by atoms with E-state index in [0.717, 1.165) is 10.9 Å². The molecule has 1 nitrogen and oxygen atoms in total. The molecule has 0 aliphatic heterocycles. The van der Waals surface area contributed by atoms with Gasteiger partial charge in [-0.3, -0.25) is 0 Å². The average Bonchev–Trinajstić information content (AvgIpc) is 2.42. The Bertz CT molecular complexity index is 210. The summed E-state index contributed by atoms with van der Waals surface area (Å²) in [5.74, 6) is 0. The van der Waals surface area contributed by atoms with Crippen molar-refractivity contribution in [1.29, 1.82) is 0 Å². The van der Waals surface area contributed by atoms with Crippen LogP contribution in [0, 0.1) is 0 Å². The lowest BCUT2D eigenvalue weighted by Gasteiger charge is -2.29. The molecular formula is C19H41ClN+. The topological polar surface area (TPSA) is 0 Å². The Balaban J connectivity index is 3.13. The Morgan fingerprint density at radius 1 is 0.619 bits per heavy atom. The van der Waals surface area contributed by atoms with E-state index in [4.69, 9.17) is 11.6 Å². The van der Waals surface area contributed by atoms with Crippen LogP contribution in [0.1, 0.15) is 96.8 Å². The van der Waals surface area contributed by atoms with Crippen molar-refractivity contribution >= 4 is 11.6 Å². The van der Waals surface area contributed by atoms with E-state index in [1.165, 1.54) is 83.5 Å². The minimum absolute atomic E-state index is 0.276. The first-order chi connectivity index (χ1) is 9.98. The molecule has 1 unspecified atom stereocenters.